The number of hydrogen-bond acceptors (Lipinski definition) is 2. The Balaban J connectivity index is 1.86. The highest BCUT2D eigenvalue weighted by Gasteiger charge is 2.13. The van der Waals surface area contributed by atoms with Gasteiger partial charge in [0, 0.05) is 18.3 Å². The molecule has 0 aliphatic carbocycles. The predicted octanol–water partition coefficient (Wildman–Crippen LogP) is 4.65. The molecule has 2 nitrogen and oxygen atoms in total. The van der Waals surface area contributed by atoms with Crippen LogP contribution in [0.25, 0.3) is 10.8 Å². The van der Waals surface area contributed by atoms with Crippen molar-refractivity contribution in [2.75, 3.05) is 0 Å². The van der Waals surface area contributed by atoms with Gasteiger partial charge in [0.25, 0.3) is 0 Å². The van der Waals surface area contributed by atoms with Gasteiger partial charge in [-0.15, -0.1) is 0 Å². The van der Waals surface area contributed by atoms with E-state index in [1.807, 2.05) is 18.3 Å². The molecule has 0 amide bonds. The highest BCUT2D eigenvalue weighted by atomic mass is 15.0. The molecule has 0 spiro atoms. The molecular formula is C19H20N2. The molecule has 0 radical (unpaired) electrons. The highest BCUT2D eigenvalue weighted by Crippen LogP contribution is 2.25. The summed E-state index contributed by atoms with van der Waals surface area (Å²) in [6.07, 6.45) is 1.84. The average Bonchev–Trinajstić information content (AvgIpc) is 2.55. The van der Waals surface area contributed by atoms with E-state index in [-0.39, 0.29) is 12.1 Å². The van der Waals surface area contributed by atoms with Gasteiger partial charge in [-0.2, -0.15) is 0 Å². The summed E-state index contributed by atoms with van der Waals surface area (Å²) in [7, 11) is 0. The number of hydrogen-bond donors (Lipinski definition) is 1. The lowest BCUT2D eigenvalue weighted by molar-refractivity contribution is 0.488. The first-order valence-corrected chi connectivity index (χ1v) is 7.40. The van der Waals surface area contributed by atoms with Crippen LogP contribution in [0.1, 0.15) is 37.2 Å². The van der Waals surface area contributed by atoms with Crippen LogP contribution in [0.2, 0.25) is 0 Å². The first kappa shape index (κ1) is 13.8. The largest absolute Gasteiger partial charge is 0.302 e. The van der Waals surface area contributed by atoms with Gasteiger partial charge in [0.15, 0.2) is 0 Å². The maximum absolute atomic E-state index is 4.43. The van der Waals surface area contributed by atoms with Gasteiger partial charge in [-0.3, -0.25) is 4.98 Å². The Kier molecular flexibility index (Phi) is 3.98. The molecule has 106 valence electrons. The molecule has 0 bridgehead atoms. The summed E-state index contributed by atoms with van der Waals surface area (Å²) in [5.74, 6) is 0. The van der Waals surface area contributed by atoms with Crippen molar-refractivity contribution in [3.8, 4) is 0 Å². The van der Waals surface area contributed by atoms with Gasteiger partial charge in [0.2, 0.25) is 0 Å². The zero-order chi connectivity index (χ0) is 14.7. The molecule has 0 aliphatic heterocycles. The summed E-state index contributed by atoms with van der Waals surface area (Å²) < 4.78 is 0. The SMILES string of the molecule is C[C@H](N[C@H](C)c1cccc2ccccc12)c1ccccn1. The first-order chi connectivity index (χ1) is 10.3. The van der Waals surface area contributed by atoms with Crippen LogP contribution in [0.5, 0.6) is 0 Å². The van der Waals surface area contributed by atoms with Crippen molar-refractivity contribution in [1.29, 1.82) is 0 Å². The first-order valence-electron chi connectivity index (χ1n) is 7.40. The number of rotatable bonds is 4. The number of benzene rings is 2. The number of nitrogens with zero attached hydrogens (tertiary/aromatic N) is 1. The number of nitrogens with one attached hydrogen (secondary N) is 1. The maximum atomic E-state index is 4.43. The van der Waals surface area contributed by atoms with Crippen LogP contribution in [0.3, 0.4) is 0 Å². The Bertz CT molecular complexity index is 716. The Hall–Kier alpha value is -2.19. The van der Waals surface area contributed by atoms with E-state index in [4.69, 9.17) is 0 Å². The second kappa shape index (κ2) is 6.06. The monoisotopic (exact) mass is 276 g/mol. The zero-order valence-electron chi connectivity index (χ0n) is 12.5. The molecule has 3 rings (SSSR count). The van der Waals surface area contributed by atoms with Gasteiger partial charge >= 0.3 is 0 Å². The van der Waals surface area contributed by atoms with Crippen molar-refractivity contribution in [2.24, 2.45) is 0 Å². The Morgan fingerprint density at radius 2 is 1.57 bits per heavy atom. The second-order valence-electron chi connectivity index (χ2n) is 5.43. The maximum Gasteiger partial charge on any atom is 0.0570 e. The summed E-state index contributed by atoms with van der Waals surface area (Å²) in [5, 5.41) is 6.24. The lowest BCUT2D eigenvalue weighted by atomic mass is 9.99. The minimum absolute atomic E-state index is 0.222. The van der Waals surface area contributed by atoms with Gasteiger partial charge < -0.3 is 5.32 Å². The molecule has 0 unspecified atom stereocenters. The smallest absolute Gasteiger partial charge is 0.0570 e. The van der Waals surface area contributed by atoms with E-state index in [1.54, 1.807) is 0 Å². The Labute approximate surface area is 125 Å². The highest BCUT2D eigenvalue weighted by molar-refractivity contribution is 5.86. The van der Waals surface area contributed by atoms with E-state index in [9.17, 15) is 0 Å². The van der Waals surface area contributed by atoms with Crippen LogP contribution < -0.4 is 5.32 Å². The molecule has 2 aromatic carbocycles. The fraction of sp³-hybridized carbons (Fsp3) is 0.211. The Morgan fingerprint density at radius 1 is 0.810 bits per heavy atom. The number of aromatic nitrogens is 1. The van der Waals surface area contributed by atoms with Gasteiger partial charge in [0.05, 0.1) is 5.69 Å². The molecule has 0 fully saturated rings. The molecule has 0 saturated heterocycles. The van der Waals surface area contributed by atoms with Crippen LogP contribution in [-0.2, 0) is 0 Å². The topological polar surface area (TPSA) is 24.9 Å². The third-order valence-corrected chi connectivity index (χ3v) is 3.92. The summed E-state index contributed by atoms with van der Waals surface area (Å²) in [5.41, 5.74) is 2.40. The van der Waals surface area contributed by atoms with E-state index < -0.39 is 0 Å². The number of fused-ring (bicyclic) bond motifs is 1. The summed E-state index contributed by atoms with van der Waals surface area (Å²) in [6.45, 7) is 4.37. The molecular weight excluding hydrogens is 256 g/mol. The van der Waals surface area contributed by atoms with E-state index in [2.05, 4.69) is 72.7 Å². The molecule has 0 saturated carbocycles. The third kappa shape index (κ3) is 2.96. The molecule has 2 heteroatoms. The average molecular weight is 276 g/mol. The molecule has 1 N–H and O–H groups in total. The third-order valence-electron chi connectivity index (χ3n) is 3.92. The summed E-state index contributed by atoms with van der Waals surface area (Å²) in [4.78, 5) is 4.43. The minimum Gasteiger partial charge on any atom is -0.302 e. The summed E-state index contributed by atoms with van der Waals surface area (Å²) in [6, 6.07) is 21.6. The standard InChI is InChI=1S/C19H20N2/c1-14(21-15(2)19-12-5-6-13-20-19)17-11-7-9-16-8-3-4-10-18(16)17/h3-15,21H,1-2H3/t14-,15+/m1/s1. The molecule has 1 heterocycles. The fourth-order valence-corrected chi connectivity index (χ4v) is 2.81. The van der Waals surface area contributed by atoms with Crippen LogP contribution in [-0.4, -0.2) is 4.98 Å². The van der Waals surface area contributed by atoms with Crippen molar-refractivity contribution in [3.05, 3.63) is 78.1 Å². The van der Waals surface area contributed by atoms with E-state index in [0.29, 0.717) is 0 Å². The molecule has 21 heavy (non-hydrogen) atoms. The molecule has 3 aromatic rings. The van der Waals surface area contributed by atoms with Crippen molar-refractivity contribution in [1.82, 2.24) is 10.3 Å². The lowest BCUT2D eigenvalue weighted by Gasteiger charge is -2.21. The minimum atomic E-state index is 0.222. The predicted molar refractivity (Wildman–Crippen MR) is 88.2 cm³/mol. The van der Waals surface area contributed by atoms with E-state index >= 15 is 0 Å². The second-order valence-corrected chi connectivity index (χ2v) is 5.43. The van der Waals surface area contributed by atoms with Gasteiger partial charge in [-0.05, 0) is 42.3 Å². The molecule has 1 aromatic heterocycles. The molecule has 0 aliphatic rings. The van der Waals surface area contributed by atoms with Crippen LogP contribution in [0.15, 0.2) is 66.9 Å². The van der Waals surface area contributed by atoms with E-state index in [1.165, 1.54) is 16.3 Å². The quantitative estimate of drug-likeness (QED) is 0.750. The van der Waals surface area contributed by atoms with Crippen LogP contribution in [0.4, 0.5) is 0 Å². The van der Waals surface area contributed by atoms with Gasteiger partial charge in [0.1, 0.15) is 0 Å². The summed E-state index contributed by atoms with van der Waals surface area (Å²) >= 11 is 0. The van der Waals surface area contributed by atoms with E-state index in [0.717, 1.165) is 5.69 Å². The van der Waals surface area contributed by atoms with Crippen molar-refractivity contribution in [3.63, 3.8) is 0 Å². The zero-order valence-corrected chi connectivity index (χ0v) is 12.5. The normalized spacial score (nSPS) is 14.0. The van der Waals surface area contributed by atoms with Gasteiger partial charge in [-0.25, -0.2) is 0 Å². The fourth-order valence-electron chi connectivity index (χ4n) is 2.81. The number of pyridine rings is 1. The Morgan fingerprint density at radius 3 is 2.38 bits per heavy atom. The molecule has 2 atom stereocenters. The van der Waals surface area contributed by atoms with Gasteiger partial charge in [-0.1, -0.05) is 48.5 Å². The van der Waals surface area contributed by atoms with Crippen molar-refractivity contribution < 1.29 is 0 Å². The van der Waals surface area contributed by atoms with Crippen molar-refractivity contribution >= 4 is 10.8 Å². The van der Waals surface area contributed by atoms with Crippen LogP contribution in [0, 0.1) is 0 Å². The lowest BCUT2D eigenvalue weighted by Crippen LogP contribution is -2.23. The van der Waals surface area contributed by atoms with Crippen molar-refractivity contribution in [2.45, 2.75) is 25.9 Å². The van der Waals surface area contributed by atoms with Crippen LogP contribution >= 0.6 is 0 Å².